The van der Waals surface area contributed by atoms with Gasteiger partial charge in [0, 0.05) is 6.07 Å². The van der Waals surface area contributed by atoms with E-state index < -0.39 is 38.0 Å². The van der Waals surface area contributed by atoms with Crippen LogP contribution in [0.2, 0.25) is 0 Å². The van der Waals surface area contributed by atoms with Crippen molar-refractivity contribution in [3.05, 3.63) is 63.7 Å². The number of nitrogens with zero attached hydrogens (tertiary/aromatic N) is 1. The molecule has 22 heavy (non-hydrogen) atoms. The molecule has 9 heteroatoms. The lowest BCUT2D eigenvalue weighted by Gasteiger charge is -2.09. The Kier molecular flexibility index (Phi) is 4.09. The van der Waals surface area contributed by atoms with Crippen molar-refractivity contribution in [2.75, 3.05) is 4.72 Å². The van der Waals surface area contributed by atoms with Gasteiger partial charge < -0.3 is 0 Å². The minimum Gasteiger partial charge on any atom is -0.273 e. The van der Waals surface area contributed by atoms with Gasteiger partial charge in [-0.15, -0.1) is 0 Å². The molecule has 0 aliphatic heterocycles. The first-order valence-corrected chi connectivity index (χ1v) is 7.42. The molecule has 2 aromatic carbocycles. The standard InChI is InChI=1S/C13H10F2N2O4S/c1-8-2-4-9(5-3-8)22(20,21)16-12-6-10(14)11(15)7-13(12)17(18)19/h2-7,16H,1H3. The average molecular weight is 328 g/mol. The molecule has 0 aliphatic carbocycles. The molecule has 116 valence electrons. The number of rotatable bonds is 4. The Morgan fingerprint density at radius 1 is 1.09 bits per heavy atom. The van der Waals surface area contributed by atoms with Crippen LogP contribution < -0.4 is 4.72 Å². The second kappa shape index (κ2) is 5.68. The molecule has 1 N–H and O–H groups in total. The summed E-state index contributed by atoms with van der Waals surface area (Å²) >= 11 is 0. The van der Waals surface area contributed by atoms with E-state index in [0.29, 0.717) is 12.1 Å². The van der Waals surface area contributed by atoms with Crippen LogP contribution in [0, 0.1) is 28.7 Å². The Morgan fingerprint density at radius 3 is 2.18 bits per heavy atom. The molecule has 0 amide bonds. The predicted molar refractivity (Wildman–Crippen MR) is 75.0 cm³/mol. The summed E-state index contributed by atoms with van der Waals surface area (Å²) < 4.78 is 52.4. The van der Waals surface area contributed by atoms with Gasteiger partial charge in [-0.2, -0.15) is 0 Å². The highest BCUT2D eigenvalue weighted by Crippen LogP contribution is 2.29. The lowest BCUT2D eigenvalue weighted by molar-refractivity contribution is -0.384. The summed E-state index contributed by atoms with van der Waals surface area (Å²) in [6.07, 6.45) is 0. The van der Waals surface area contributed by atoms with Gasteiger partial charge in [0.15, 0.2) is 11.6 Å². The fourth-order valence-corrected chi connectivity index (χ4v) is 2.76. The van der Waals surface area contributed by atoms with Crippen molar-refractivity contribution in [3.8, 4) is 0 Å². The number of hydrogen-bond acceptors (Lipinski definition) is 4. The van der Waals surface area contributed by atoms with E-state index in [1.165, 1.54) is 24.3 Å². The topological polar surface area (TPSA) is 89.3 Å². The minimum atomic E-state index is -4.16. The van der Waals surface area contributed by atoms with Crippen LogP contribution in [0.25, 0.3) is 0 Å². The molecular weight excluding hydrogens is 318 g/mol. The van der Waals surface area contributed by atoms with Crippen LogP contribution in [0.4, 0.5) is 20.2 Å². The van der Waals surface area contributed by atoms with E-state index in [0.717, 1.165) is 5.56 Å². The highest BCUT2D eigenvalue weighted by Gasteiger charge is 2.23. The first kappa shape index (κ1) is 15.8. The van der Waals surface area contributed by atoms with Gasteiger partial charge in [-0.25, -0.2) is 17.2 Å². The zero-order valence-electron chi connectivity index (χ0n) is 11.2. The quantitative estimate of drug-likeness (QED) is 0.690. The highest BCUT2D eigenvalue weighted by atomic mass is 32.2. The van der Waals surface area contributed by atoms with Crippen molar-refractivity contribution in [3.63, 3.8) is 0 Å². The van der Waals surface area contributed by atoms with Crippen LogP contribution in [-0.2, 0) is 10.0 Å². The molecule has 2 aromatic rings. The number of hydrogen-bond donors (Lipinski definition) is 1. The zero-order chi connectivity index (χ0) is 16.5. The summed E-state index contributed by atoms with van der Waals surface area (Å²) in [4.78, 5) is 9.67. The minimum absolute atomic E-state index is 0.155. The van der Waals surface area contributed by atoms with Crippen LogP contribution in [0.1, 0.15) is 5.56 Å². The van der Waals surface area contributed by atoms with Crippen LogP contribution in [-0.4, -0.2) is 13.3 Å². The normalized spacial score (nSPS) is 11.2. The second-order valence-corrected chi connectivity index (χ2v) is 6.14. The molecule has 0 saturated heterocycles. The zero-order valence-corrected chi connectivity index (χ0v) is 12.0. The van der Waals surface area contributed by atoms with Crippen LogP contribution in [0.3, 0.4) is 0 Å². The van der Waals surface area contributed by atoms with Gasteiger partial charge in [0.25, 0.3) is 15.7 Å². The molecule has 2 rings (SSSR count). The Hall–Kier alpha value is -2.55. The Balaban J connectivity index is 2.47. The third kappa shape index (κ3) is 3.19. The molecule has 0 aliphatic rings. The van der Waals surface area contributed by atoms with Crippen molar-refractivity contribution in [1.82, 2.24) is 0 Å². The second-order valence-electron chi connectivity index (χ2n) is 4.46. The largest absolute Gasteiger partial charge is 0.296 e. The maximum absolute atomic E-state index is 13.2. The van der Waals surface area contributed by atoms with Crippen LogP contribution in [0.5, 0.6) is 0 Å². The number of nitrogens with one attached hydrogen (secondary N) is 1. The van der Waals surface area contributed by atoms with Gasteiger partial charge in [0.2, 0.25) is 0 Å². The van der Waals surface area contributed by atoms with E-state index in [1.807, 2.05) is 4.72 Å². The van der Waals surface area contributed by atoms with Crippen molar-refractivity contribution in [1.29, 1.82) is 0 Å². The molecule has 6 nitrogen and oxygen atoms in total. The summed E-state index contributed by atoms with van der Waals surface area (Å²) in [5, 5.41) is 10.8. The molecule has 0 radical (unpaired) electrons. The molecule has 0 fully saturated rings. The number of benzene rings is 2. The van der Waals surface area contributed by atoms with Gasteiger partial charge in [-0.1, -0.05) is 17.7 Å². The van der Waals surface area contributed by atoms with Crippen LogP contribution >= 0.6 is 0 Å². The van der Waals surface area contributed by atoms with Gasteiger partial charge in [-0.05, 0) is 19.1 Å². The summed E-state index contributed by atoms with van der Waals surface area (Å²) in [7, 11) is -4.16. The molecule has 0 atom stereocenters. The third-order valence-corrected chi connectivity index (χ3v) is 4.19. The number of anilines is 1. The smallest absolute Gasteiger partial charge is 0.273 e. The van der Waals surface area contributed by atoms with E-state index in [9.17, 15) is 27.3 Å². The summed E-state index contributed by atoms with van der Waals surface area (Å²) in [5.74, 6) is -2.84. The predicted octanol–water partition coefficient (Wildman–Crippen LogP) is 2.98. The van der Waals surface area contributed by atoms with Gasteiger partial charge >= 0.3 is 0 Å². The number of sulfonamides is 1. The molecular formula is C13H10F2N2O4S. The number of nitro benzene ring substituents is 1. The first-order chi connectivity index (χ1) is 10.2. The molecule has 0 unspecified atom stereocenters. The molecule has 0 saturated carbocycles. The summed E-state index contributed by atoms with van der Waals surface area (Å²) in [5.41, 5.74) is -0.711. The lowest BCUT2D eigenvalue weighted by atomic mass is 10.2. The van der Waals surface area contributed by atoms with E-state index in [-0.39, 0.29) is 4.90 Å². The summed E-state index contributed by atoms with van der Waals surface area (Å²) in [6, 6.07) is 6.41. The maximum atomic E-state index is 13.2. The SMILES string of the molecule is Cc1ccc(S(=O)(=O)Nc2cc(F)c(F)cc2[N+](=O)[O-])cc1. The number of nitro groups is 1. The van der Waals surface area contributed by atoms with Crippen molar-refractivity contribution >= 4 is 21.4 Å². The van der Waals surface area contributed by atoms with E-state index >= 15 is 0 Å². The highest BCUT2D eigenvalue weighted by molar-refractivity contribution is 7.92. The molecule has 0 aromatic heterocycles. The number of halogens is 2. The fraction of sp³-hybridized carbons (Fsp3) is 0.0769. The number of aryl methyl sites for hydroxylation is 1. The molecule has 0 spiro atoms. The fourth-order valence-electron chi connectivity index (χ4n) is 1.69. The Bertz CT molecular complexity index is 836. The molecule has 0 bridgehead atoms. The van der Waals surface area contributed by atoms with E-state index in [4.69, 9.17) is 0 Å². The Labute approximate surface area is 124 Å². The van der Waals surface area contributed by atoms with Gasteiger partial charge in [0.05, 0.1) is 15.9 Å². The maximum Gasteiger partial charge on any atom is 0.296 e. The average Bonchev–Trinajstić information content (AvgIpc) is 2.42. The van der Waals surface area contributed by atoms with E-state index in [2.05, 4.69) is 0 Å². The Morgan fingerprint density at radius 2 is 1.64 bits per heavy atom. The third-order valence-electron chi connectivity index (χ3n) is 2.81. The monoisotopic (exact) mass is 328 g/mol. The van der Waals surface area contributed by atoms with E-state index in [1.54, 1.807) is 6.92 Å². The van der Waals surface area contributed by atoms with Gasteiger partial charge in [0.1, 0.15) is 5.69 Å². The first-order valence-electron chi connectivity index (χ1n) is 5.93. The summed E-state index contributed by atoms with van der Waals surface area (Å²) in [6.45, 7) is 1.75. The van der Waals surface area contributed by atoms with Crippen molar-refractivity contribution in [2.45, 2.75) is 11.8 Å². The van der Waals surface area contributed by atoms with Crippen molar-refractivity contribution < 1.29 is 22.1 Å². The van der Waals surface area contributed by atoms with Gasteiger partial charge in [-0.3, -0.25) is 14.8 Å². The lowest BCUT2D eigenvalue weighted by Crippen LogP contribution is -2.14. The van der Waals surface area contributed by atoms with Crippen molar-refractivity contribution in [2.24, 2.45) is 0 Å². The van der Waals surface area contributed by atoms with Crippen LogP contribution in [0.15, 0.2) is 41.3 Å². The molecule has 0 heterocycles.